The number of nitrogens with zero attached hydrogens (tertiary/aromatic N) is 6. The highest BCUT2D eigenvalue weighted by atomic mass is 16.2. The van der Waals surface area contributed by atoms with Crippen LogP contribution in [-0.4, -0.2) is 71.1 Å². The number of nitriles is 1. The second-order valence-corrected chi connectivity index (χ2v) is 6.91. The van der Waals surface area contributed by atoms with Crippen molar-refractivity contribution in [3.05, 3.63) is 16.8 Å². The predicted molar refractivity (Wildman–Crippen MR) is 100 cm³/mol. The van der Waals surface area contributed by atoms with Gasteiger partial charge in [-0.15, -0.1) is 5.10 Å². The number of carbonyl (C=O) groups excluding carboxylic acids is 2. The molecule has 0 atom stereocenters. The van der Waals surface area contributed by atoms with Crippen LogP contribution in [0.15, 0.2) is 0 Å². The van der Waals surface area contributed by atoms with Crippen LogP contribution < -0.4 is 4.90 Å². The van der Waals surface area contributed by atoms with Crippen molar-refractivity contribution in [3.8, 4) is 6.07 Å². The number of aromatic nitrogens is 2. The van der Waals surface area contributed by atoms with Gasteiger partial charge in [-0.25, -0.2) is 0 Å². The Bertz CT molecular complexity index is 748. The lowest BCUT2D eigenvalue weighted by Gasteiger charge is -2.36. The molecule has 0 aliphatic carbocycles. The first-order chi connectivity index (χ1) is 13.1. The van der Waals surface area contributed by atoms with Gasteiger partial charge in [-0.3, -0.25) is 19.4 Å². The van der Waals surface area contributed by atoms with Crippen molar-refractivity contribution < 1.29 is 9.59 Å². The van der Waals surface area contributed by atoms with Gasteiger partial charge in [-0.1, -0.05) is 13.8 Å². The minimum Gasteiger partial charge on any atom is -0.351 e. The van der Waals surface area contributed by atoms with Crippen LogP contribution in [-0.2, 0) is 22.4 Å². The van der Waals surface area contributed by atoms with E-state index in [9.17, 15) is 14.9 Å². The van der Waals surface area contributed by atoms with E-state index >= 15 is 0 Å². The van der Waals surface area contributed by atoms with Crippen LogP contribution in [0.2, 0.25) is 0 Å². The summed E-state index contributed by atoms with van der Waals surface area (Å²) in [6.45, 7) is 8.33. The van der Waals surface area contributed by atoms with E-state index in [1.54, 1.807) is 0 Å². The third-order valence-corrected chi connectivity index (χ3v) is 5.41. The van der Waals surface area contributed by atoms with Crippen LogP contribution in [0.5, 0.6) is 0 Å². The van der Waals surface area contributed by atoms with Crippen LogP contribution in [0.3, 0.4) is 0 Å². The first-order valence-electron chi connectivity index (χ1n) is 9.68. The summed E-state index contributed by atoms with van der Waals surface area (Å²) in [7, 11) is 0. The molecule has 8 nitrogen and oxygen atoms in total. The Morgan fingerprint density at radius 3 is 2.19 bits per heavy atom. The Kier molecular flexibility index (Phi) is 6.01. The summed E-state index contributed by atoms with van der Waals surface area (Å²) < 4.78 is 0. The van der Waals surface area contributed by atoms with Gasteiger partial charge in [0.15, 0.2) is 5.82 Å². The number of imide groups is 1. The molecule has 0 radical (unpaired) electrons. The van der Waals surface area contributed by atoms with Gasteiger partial charge >= 0.3 is 0 Å². The highest BCUT2D eigenvalue weighted by Gasteiger charge is 2.29. The van der Waals surface area contributed by atoms with Crippen molar-refractivity contribution in [3.63, 3.8) is 0 Å². The van der Waals surface area contributed by atoms with Gasteiger partial charge in [0.1, 0.15) is 11.6 Å². The largest absolute Gasteiger partial charge is 0.351 e. The molecule has 1 aromatic rings. The molecule has 2 aliphatic heterocycles. The summed E-state index contributed by atoms with van der Waals surface area (Å²) in [6.07, 6.45) is 2.23. The van der Waals surface area contributed by atoms with E-state index < -0.39 is 0 Å². The fourth-order valence-electron chi connectivity index (χ4n) is 3.80. The van der Waals surface area contributed by atoms with E-state index in [4.69, 9.17) is 0 Å². The number of hydrogen-bond donors (Lipinski definition) is 0. The van der Waals surface area contributed by atoms with Crippen LogP contribution in [0.4, 0.5) is 5.82 Å². The van der Waals surface area contributed by atoms with Crippen molar-refractivity contribution >= 4 is 17.6 Å². The fourth-order valence-corrected chi connectivity index (χ4v) is 3.80. The van der Waals surface area contributed by atoms with Gasteiger partial charge in [0.2, 0.25) is 11.8 Å². The van der Waals surface area contributed by atoms with Gasteiger partial charge in [0.05, 0.1) is 5.69 Å². The molecule has 3 heterocycles. The maximum absolute atomic E-state index is 11.7. The average Bonchev–Trinajstić information content (AvgIpc) is 3.03. The molecule has 0 spiro atoms. The summed E-state index contributed by atoms with van der Waals surface area (Å²) >= 11 is 0. The number of anilines is 1. The minimum atomic E-state index is -0.0596. The molecule has 0 unspecified atom stereocenters. The van der Waals surface area contributed by atoms with Crippen molar-refractivity contribution in [1.29, 1.82) is 5.26 Å². The van der Waals surface area contributed by atoms with Gasteiger partial charge in [-0.2, -0.15) is 10.4 Å². The third kappa shape index (κ3) is 3.93. The number of rotatable bonds is 6. The van der Waals surface area contributed by atoms with Gasteiger partial charge in [0, 0.05) is 52.1 Å². The summed E-state index contributed by atoms with van der Waals surface area (Å²) in [5.74, 6) is 0.558. The number of carbonyl (C=O) groups is 2. The summed E-state index contributed by atoms with van der Waals surface area (Å²) in [6, 6.07) is 2.33. The monoisotopic (exact) mass is 370 g/mol. The zero-order valence-electron chi connectivity index (χ0n) is 16.1. The molecule has 2 aliphatic rings. The zero-order chi connectivity index (χ0) is 19.4. The van der Waals surface area contributed by atoms with E-state index in [2.05, 4.69) is 26.1 Å². The van der Waals surface area contributed by atoms with Crippen LogP contribution >= 0.6 is 0 Å². The Morgan fingerprint density at radius 1 is 0.963 bits per heavy atom. The second-order valence-electron chi connectivity index (χ2n) is 6.91. The van der Waals surface area contributed by atoms with Crippen molar-refractivity contribution in [1.82, 2.24) is 20.0 Å². The zero-order valence-corrected chi connectivity index (χ0v) is 16.1. The first kappa shape index (κ1) is 19.2. The Hall–Kier alpha value is -2.53. The van der Waals surface area contributed by atoms with Gasteiger partial charge in [-0.05, 0) is 18.4 Å². The minimum absolute atomic E-state index is 0.0596. The maximum atomic E-state index is 11.7. The highest BCUT2D eigenvalue weighted by Crippen LogP contribution is 2.24. The number of amides is 2. The van der Waals surface area contributed by atoms with E-state index in [-0.39, 0.29) is 11.8 Å². The molecular formula is C19H26N6O2. The van der Waals surface area contributed by atoms with Gasteiger partial charge in [0.25, 0.3) is 0 Å². The molecule has 8 heteroatoms. The molecule has 0 aromatic carbocycles. The molecule has 1 aromatic heterocycles. The highest BCUT2D eigenvalue weighted by molar-refractivity contribution is 6.01. The predicted octanol–water partition coefficient (Wildman–Crippen LogP) is 0.744. The van der Waals surface area contributed by atoms with Crippen molar-refractivity contribution in [2.24, 2.45) is 0 Å². The molecule has 144 valence electrons. The molecule has 27 heavy (non-hydrogen) atoms. The lowest BCUT2D eigenvalue weighted by molar-refractivity contribution is -0.138. The first-order valence-corrected chi connectivity index (χ1v) is 9.68. The van der Waals surface area contributed by atoms with E-state index in [1.165, 1.54) is 4.90 Å². The second kappa shape index (κ2) is 8.44. The molecule has 0 saturated carbocycles. The quantitative estimate of drug-likeness (QED) is 0.682. The van der Waals surface area contributed by atoms with E-state index in [0.29, 0.717) is 37.3 Å². The fraction of sp³-hybridized carbons (Fsp3) is 0.632. The van der Waals surface area contributed by atoms with Crippen LogP contribution in [0, 0.1) is 11.3 Å². The van der Waals surface area contributed by atoms with Crippen LogP contribution in [0.1, 0.15) is 43.5 Å². The molecule has 0 N–H and O–H groups in total. The Balaban J connectivity index is 1.62. The molecule has 2 fully saturated rings. The molecule has 2 amide bonds. The Morgan fingerprint density at radius 2 is 1.63 bits per heavy atom. The Labute approximate surface area is 159 Å². The van der Waals surface area contributed by atoms with Gasteiger partial charge < -0.3 is 4.90 Å². The number of piperazine rings is 1. The number of likely N-dealkylation sites (tertiary alicyclic amines) is 1. The molecule has 0 bridgehead atoms. The maximum Gasteiger partial charge on any atom is 0.229 e. The lowest BCUT2D eigenvalue weighted by Crippen LogP contribution is -2.49. The van der Waals surface area contributed by atoms with E-state index in [0.717, 1.165) is 50.3 Å². The SMILES string of the molecule is CCc1nnc(N2CCN(CCN3C(=O)CCC3=O)CC2)c(C#N)c1CC. The normalized spacial score (nSPS) is 18.3. The van der Waals surface area contributed by atoms with Crippen molar-refractivity contribution in [2.45, 2.75) is 39.5 Å². The summed E-state index contributed by atoms with van der Waals surface area (Å²) in [5, 5.41) is 18.3. The summed E-state index contributed by atoms with van der Waals surface area (Å²) in [5.41, 5.74) is 2.54. The average molecular weight is 370 g/mol. The topological polar surface area (TPSA) is 93.4 Å². The molecule has 2 saturated heterocycles. The van der Waals surface area contributed by atoms with Crippen molar-refractivity contribution in [2.75, 3.05) is 44.2 Å². The smallest absolute Gasteiger partial charge is 0.229 e. The standard InChI is InChI=1S/C19H26N6O2/c1-3-14-15(13-20)19(22-21-16(14)4-2)24-10-7-23(8-11-24)9-12-25-17(26)5-6-18(25)27/h3-12H2,1-2H3. The van der Waals surface area contributed by atoms with E-state index in [1.807, 2.05) is 13.8 Å². The number of hydrogen-bond acceptors (Lipinski definition) is 7. The third-order valence-electron chi connectivity index (χ3n) is 5.41. The lowest BCUT2D eigenvalue weighted by atomic mass is 10.0. The number of aryl methyl sites for hydroxylation is 1. The molecular weight excluding hydrogens is 344 g/mol. The summed E-state index contributed by atoms with van der Waals surface area (Å²) in [4.78, 5) is 29.2. The van der Waals surface area contributed by atoms with Crippen LogP contribution in [0.25, 0.3) is 0 Å². The molecule has 3 rings (SSSR count).